The van der Waals surface area contributed by atoms with Gasteiger partial charge in [0.05, 0.1) is 15.7 Å². The summed E-state index contributed by atoms with van der Waals surface area (Å²) in [5.74, 6) is -1.12. The van der Waals surface area contributed by atoms with Crippen molar-refractivity contribution >= 4 is 22.5 Å². The average Bonchev–Trinajstić information content (AvgIpc) is 3.13. The molecular formula is C11H11NO5S. The van der Waals surface area contributed by atoms with E-state index in [4.69, 9.17) is 5.11 Å². The number of nitro groups is 1. The van der Waals surface area contributed by atoms with E-state index in [1.165, 1.54) is 24.3 Å². The number of carboxylic acid groups (broad SMARTS) is 1. The molecule has 0 spiro atoms. The molecule has 1 saturated carbocycles. The molecule has 0 radical (unpaired) electrons. The van der Waals surface area contributed by atoms with Crippen molar-refractivity contribution in [2.45, 2.75) is 23.0 Å². The van der Waals surface area contributed by atoms with Crippen LogP contribution < -0.4 is 0 Å². The molecule has 1 aromatic carbocycles. The highest BCUT2D eigenvalue weighted by Crippen LogP contribution is 2.37. The summed E-state index contributed by atoms with van der Waals surface area (Å²) in [5, 5.41) is 18.6. The Bertz CT molecular complexity index is 509. The van der Waals surface area contributed by atoms with Crippen LogP contribution in [0.3, 0.4) is 0 Å². The first kappa shape index (κ1) is 12.7. The molecule has 0 bridgehead atoms. The second-order valence-electron chi connectivity index (χ2n) is 4.14. The molecule has 0 amide bonds. The highest BCUT2D eigenvalue weighted by atomic mass is 32.2. The summed E-state index contributed by atoms with van der Waals surface area (Å²) in [4.78, 5) is 21.3. The molecule has 6 nitrogen and oxygen atoms in total. The third kappa shape index (κ3) is 2.56. The summed E-state index contributed by atoms with van der Waals surface area (Å²) in [6.07, 6.45) is 1.55. The normalized spacial score (nSPS) is 18.0. The quantitative estimate of drug-likeness (QED) is 0.646. The van der Waals surface area contributed by atoms with Crippen molar-refractivity contribution < 1.29 is 19.0 Å². The predicted octanol–water partition coefficient (Wildman–Crippen LogP) is 1.57. The Labute approximate surface area is 105 Å². The standard InChI is InChI=1S/C11H11NO5S/c13-11(14)10(7-1-2-7)18(17)9-5-3-8(4-6-9)12(15)16/h3-7,10H,1-2H2,(H,13,14). The van der Waals surface area contributed by atoms with E-state index in [1.54, 1.807) is 0 Å². The molecule has 1 aliphatic carbocycles. The Morgan fingerprint density at radius 2 is 1.94 bits per heavy atom. The van der Waals surface area contributed by atoms with Crippen molar-refractivity contribution in [3.63, 3.8) is 0 Å². The minimum Gasteiger partial charge on any atom is -0.480 e. The maximum Gasteiger partial charge on any atom is 0.319 e. The van der Waals surface area contributed by atoms with E-state index in [1.807, 2.05) is 0 Å². The number of non-ortho nitro benzene ring substituents is 1. The Hall–Kier alpha value is -1.76. The van der Waals surface area contributed by atoms with E-state index < -0.39 is 26.9 Å². The molecule has 0 saturated heterocycles. The molecule has 1 fully saturated rings. The molecule has 1 aliphatic rings. The molecule has 18 heavy (non-hydrogen) atoms. The second kappa shape index (κ2) is 4.85. The molecule has 1 aromatic rings. The number of hydrogen-bond donors (Lipinski definition) is 1. The summed E-state index contributed by atoms with van der Waals surface area (Å²) < 4.78 is 12.1. The molecule has 1 N–H and O–H groups in total. The summed E-state index contributed by atoms with van der Waals surface area (Å²) in [5.41, 5.74) is -0.103. The van der Waals surface area contributed by atoms with Crippen molar-refractivity contribution in [1.82, 2.24) is 0 Å². The van der Waals surface area contributed by atoms with Crippen molar-refractivity contribution in [3.05, 3.63) is 34.4 Å². The second-order valence-corrected chi connectivity index (χ2v) is 5.72. The lowest BCUT2D eigenvalue weighted by atomic mass is 10.3. The fourth-order valence-electron chi connectivity index (χ4n) is 1.72. The van der Waals surface area contributed by atoms with Crippen LogP contribution in [0.4, 0.5) is 5.69 Å². The minimum absolute atomic E-state index is 0.0430. The molecule has 0 heterocycles. The maximum atomic E-state index is 12.1. The van der Waals surface area contributed by atoms with Gasteiger partial charge in [-0.05, 0) is 30.9 Å². The van der Waals surface area contributed by atoms with Crippen molar-refractivity contribution in [3.8, 4) is 0 Å². The average molecular weight is 269 g/mol. The number of hydrogen-bond acceptors (Lipinski definition) is 4. The summed E-state index contributed by atoms with van der Waals surface area (Å²) >= 11 is 0. The zero-order valence-electron chi connectivity index (χ0n) is 9.31. The lowest BCUT2D eigenvalue weighted by molar-refractivity contribution is -0.384. The maximum absolute atomic E-state index is 12.1. The molecule has 0 aromatic heterocycles. The number of carbonyl (C=O) groups is 1. The van der Waals surface area contributed by atoms with E-state index in [-0.39, 0.29) is 11.6 Å². The summed E-state index contributed by atoms with van der Waals surface area (Å²) in [6.45, 7) is 0. The van der Waals surface area contributed by atoms with E-state index in [9.17, 15) is 19.1 Å². The van der Waals surface area contributed by atoms with Gasteiger partial charge in [-0.3, -0.25) is 19.1 Å². The number of rotatable bonds is 5. The predicted molar refractivity (Wildman–Crippen MR) is 63.7 cm³/mol. The van der Waals surface area contributed by atoms with Crippen LogP contribution in [-0.4, -0.2) is 25.5 Å². The first-order valence-corrected chi connectivity index (χ1v) is 6.60. The van der Waals surface area contributed by atoms with Gasteiger partial charge in [0, 0.05) is 17.0 Å². The van der Waals surface area contributed by atoms with Gasteiger partial charge in [0.25, 0.3) is 5.69 Å². The minimum atomic E-state index is -1.66. The number of nitro benzene ring substituents is 1. The van der Waals surface area contributed by atoms with Crippen LogP contribution in [0.2, 0.25) is 0 Å². The molecule has 96 valence electrons. The van der Waals surface area contributed by atoms with Gasteiger partial charge in [0.2, 0.25) is 0 Å². The third-order valence-corrected chi connectivity index (χ3v) is 4.59. The fraction of sp³-hybridized carbons (Fsp3) is 0.364. The van der Waals surface area contributed by atoms with E-state index in [0.717, 1.165) is 12.8 Å². The highest BCUT2D eigenvalue weighted by Gasteiger charge is 2.41. The molecule has 0 aliphatic heterocycles. The lowest BCUT2D eigenvalue weighted by Crippen LogP contribution is -2.27. The Morgan fingerprint density at radius 3 is 2.33 bits per heavy atom. The fourth-order valence-corrected chi connectivity index (χ4v) is 3.22. The number of benzene rings is 1. The Balaban J connectivity index is 2.22. The molecule has 7 heteroatoms. The van der Waals surface area contributed by atoms with Gasteiger partial charge in [-0.2, -0.15) is 0 Å². The molecule has 2 atom stereocenters. The Kier molecular flexibility index (Phi) is 3.42. The first-order valence-electron chi connectivity index (χ1n) is 5.38. The van der Waals surface area contributed by atoms with Gasteiger partial charge in [-0.1, -0.05) is 0 Å². The van der Waals surface area contributed by atoms with Crippen LogP contribution >= 0.6 is 0 Å². The lowest BCUT2D eigenvalue weighted by Gasteiger charge is -2.10. The highest BCUT2D eigenvalue weighted by molar-refractivity contribution is 7.86. The van der Waals surface area contributed by atoms with Gasteiger partial charge in [0.15, 0.2) is 0 Å². The van der Waals surface area contributed by atoms with Crippen LogP contribution in [0.1, 0.15) is 12.8 Å². The SMILES string of the molecule is O=C(O)C(C1CC1)S(=O)c1ccc([N+](=O)[O-])cc1. The van der Waals surface area contributed by atoms with Gasteiger partial charge in [-0.15, -0.1) is 0 Å². The number of nitrogens with zero attached hydrogens (tertiary/aromatic N) is 1. The van der Waals surface area contributed by atoms with Gasteiger partial charge in [0.1, 0.15) is 5.25 Å². The third-order valence-electron chi connectivity index (χ3n) is 2.80. The van der Waals surface area contributed by atoms with Gasteiger partial charge >= 0.3 is 5.97 Å². The van der Waals surface area contributed by atoms with Crippen molar-refractivity contribution in [2.75, 3.05) is 0 Å². The Morgan fingerprint density at radius 1 is 1.39 bits per heavy atom. The number of aliphatic carboxylic acids is 1. The van der Waals surface area contributed by atoms with E-state index in [0.29, 0.717) is 4.90 Å². The van der Waals surface area contributed by atoms with Crippen molar-refractivity contribution in [1.29, 1.82) is 0 Å². The number of carboxylic acids is 1. The summed E-state index contributed by atoms with van der Waals surface area (Å²) in [6, 6.07) is 5.18. The zero-order chi connectivity index (χ0) is 13.3. The smallest absolute Gasteiger partial charge is 0.319 e. The van der Waals surface area contributed by atoms with Crippen LogP contribution in [0.5, 0.6) is 0 Å². The first-order chi connectivity index (χ1) is 8.50. The van der Waals surface area contributed by atoms with Crippen LogP contribution in [0.15, 0.2) is 29.2 Å². The topological polar surface area (TPSA) is 97.5 Å². The molecule has 2 rings (SSSR count). The molecule has 2 unspecified atom stereocenters. The van der Waals surface area contributed by atoms with Gasteiger partial charge in [-0.25, -0.2) is 0 Å². The zero-order valence-corrected chi connectivity index (χ0v) is 10.1. The van der Waals surface area contributed by atoms with Crippen molar-refractivity contribution in [2.24, 2.45) is 5.92 Å². The van der Waals surface area contributed by atoms with E-state index in [2.05, 4.69) is 0 Å². The van der Waals surface area contributed by atoms with Crippen LogP contribution in [-0.2, 0) is 15.6 Å². The molecular weight excluding hydrogens is 258 g/mol. The monoisotopic (exact) mass is 269 g/mol. The van der Waals surface area contributed by atoms with E-state index >= 15 is 0 Å². The summed E-state index contributed by atoms with van der Waals surface area (Å²) in [7, 11) is -1.66. The largest absolute Gasteiger partial charge is 0.480 e. The van der Waals surface area contributed by atoms with Gasteiger partial charge < -0.3 is 5.11 Å². The van der Waals surface area contributed by atoms with Crippen LogP contribution in [0, 0.1) is 16.0 Å². The van der Waals surface area contributed by atoms with Crippen LogP contribution in [0.25, 0.3) is 0 Å².